The SMILES string of the molecule is CC1(N)CN(c2ccc3nccnc3n2)C1. The fourth-order valence-corrected chi connectivity index (χ4v) is 2.01. The fraction of sp³-hybridized carbons (Fsp3) is 0.364. The van der Waals surface area contributed by atoms with Crippen molar-refractivity contribution in [3.05, 3.63) is 24.5 Å². The highest BCUT2D eigenvalue weighted by atomic mass is 15.3. The first kappa shape index (κ1) is 9.47. The fourth-order valence-electron chi connectivity index (χ4n) is 2.01. The van der Waals surface area contributed by atoms with Gasteiger partial charge in [-0.2, -0.15) is 0 Å². The van der Waals surface area contributed by atoms with Crippen LogP contribution in [-0.4, -0.2) is 33.6 Å². The van der Waals surface area contributed by atoms with E-state index in [0.29, 0.717) is 5.65 Å². The van der Waals surface area contributed by atoms with Crippen LogP contribution in [0.25, 0.3) is 11.2 Å². The van der Waals surface area contributed by atoms with E-state index in [0.717, 1.165) is 24.4 Å². The van der Waals surface area contributed by atoms with Gasteiger partial charge in [-0.15, -0.1) is 0 Å². The summed E-state index contributed by atoms with van der Waals surface area (Å²) >= 11 is 0. The van der Waals surface area contributed by atoms with E-state index in [2.05, 4.69) is 19.9 Å². The van der Waals surface area contributed by atoms with Gasteiger partial charge >= 0.3 is 0 Å². The molecule has 0 saturated carbocycles. The molecular weight excluding hydrogens is 202 g/mol. The third-order valence-corrected chi connectivity index (χ3v) is 2.75. The first-order valence-electron chi connectivity index (χ1n) is 5.26. The molecule has 0 amide bonds. The molecule has 1 fully saturated rings. The van der Waals surface area contributed by atoms with E-state index in [9.17, 15) is 0 Å². The van der Waals surface area contributed by atoms with E-state index in [1.165, 1.54) is 0 Å². The maximum Gasteiger partial charge on any atom is 0.180 e. The highest BCUT2D eigenvalue weighted by Crippen LogP contribution is 2.24. The minimum atomic E-state index is -0.0843. The first-order valence-corrected chi connectivity index (χ1v) is 5.26. The molecule has 16 heavy (non-hydrogen) atoms. The molecule has 1 aliphatic heterocycles. The van der Waals surface area contributed by atoms with Crippen LogP contribution in [0.15, 0.2) is 24.5 Å². The van der Waals surface area contributed by atoms with E-state index in [4.69, 9.17) is 5.73 Å². The van der Waals surface area contributed by atoms with Gasteiger partial charge in [0.2, 0.25) is 0 Å². The molecule has 5 heteroatoms. The lowest BCUT2D eigenvalue weighted by Gasteiger charge is -2.46. The standard InChI is InChI=1S/C11H13N5/c1-11(12)6-16(7-11)9-3-2-8-10(15-9)14-5-4-13-8/h2-5H,6-7,12H2,1H3. The molecule has 5 nitrogen and oxygen atoms in total. The first-order chi connectivity index (χ1) is 7.64. The Labute approximate surface area is 93.3 Å². The molecule has 0 unspecified atom stereocenters. The molecule has 1 saturated heterocycles. The van der Waals surface area contributed by atoms with Crippen molar-refractivity contribution in [3.63, 3.8) is 0 Å². The predicted octanol–water partition coefficient (Wildman–Crippen LogP) is 0.562. The van der Waals surface area contributed by atoms with Crippen molar-refractivity contribution >= 4 is 17.0 Å². The highest BCUT2D eigenvalue weighted by molar-refractivity contribution is 5.72. The lowest BCUT2D eigenvalue weighted by atomic mass is 9.94. The van der Waals surface area contributed by atoms with Crippen molar-refractivity contribution < 1.29 is 0 Å². The lowest BCUT2D eigenvalue weighted by molar-refractivity contribution is 0.363. The zero-order valence-corrected chi connectivity index (χ0v) is 9.09. The van der Waals surface area contributed by atoms with Gasteiger partial charge in [0.05, 0.1) is 0 Å². The van der Waals surface area contributed by atoms with Gasteiger partial charge in [-0.05, 0) is 19.1 Å². The number of fused-ring (bicyclic) bond motifs is 1. The maximum absolute atomic E-state index is 5.96. The summed E-state index contributed by atoms with van der Waals surface area (Å²) in [6, 6.07) is 3.91. The second kappa shape index (κ2) is 3.12. The summed E-state index contributed by atoms with van der Waals surface area (Å²) in [5.74, 6) is 0.927. The number of hydrogen-bond donors (Lipinski definition) is 1. The molecule has 0 aromatic carbocycles. The molecule has 1 aliphatic rings. The quantitative estimate of drug-likeness (QED) is 0.753. The van der Waals surface area contributed by atoms with Gasteiger partial charge in [0, 0.05) is 31.0 Å². The van der Waals surface area contributed by atoms with Gasteiger partial charge in [-0.1, -0.05) is 0 Å². The van der Waals surface area contributed by atoms with Crippen LogP contribution in [0.3, 0.4) is 0 Å². The van der Waals surface area contributed by atoms with Crippen LogP contribution in [0.4, 0.5) is 5.82 Å². The minimum Gasteiger partial charge on any atom is -0.353 e. The molecule has 0 atom stereocenters. The minimum absolute atomic E-state index is 0.0843. The number of aromatic nitrogens is 3. The molecule has 3 heterocycles. The Hall–Kier alpha value is -1.75. The van der Waals surface area contributed by atoms with Crippen LogP contribution in [-0.2, 0) is 0 Å². The number of anilines is 1. The zero-order valence-electron chi connectivity index (χ0n) is 9.09. The molecule has 0 radical (unpaired) electrons. The summed E-state index contributed by atoms with van der Waals surface area (Å²) in [5, 5.41) is 0. The van der Waals surface area contributed by atoms with Gasteiger partial charge in [-0.25, -0.2) is 9.97 Å². The van der Waals surface area contributed by atoms with Gasteiger partial charge in [0.1, 0.15) is 11.3 Å². The Bertz CT molecular complexity index is 529. The number of nitrogens with two attached hydrogens (primary N) is 1. The van der Waals surface area contributed by atoms with Crippen molar-refractivity contribution in [1.29, 1.82) is 0 Å². The average molecular weight is 215 g/mol. The van der Waals surface area contributed by atoms with Crippen LogP contribution in [0.5, 0.6) is 0 Å². The Morgan fingerprint density at radius 2 is 2.00 bits per heavy atom. The summed E-state index contributed by atoms with van der Waals surface area (Å²) in [5.41, 5.74) is 7.39. The molecule has 2 aromatic heterocycles. The third-order valence-electron chi connectivity index (χ3n) is 2.75. The van der Waals surface area contributed by atoms with Crippen LogP contribution in [0.2, 0.25) is 0 Å². The second-order valence-electron chi connectivity index (χ2n) is 4.58. The molecule has 2 aromatic rings. The molecule has 0 aliphatic carbocycles. The Kier molecular flexibility index (Phi) is 1.85. The molecule has 3 rings (SSSR count). The van der Waals surface area contributed by atoms with Gasteiger partial charge in [0.15, 0.2) is 5.65 Å². The predicted molar refractivity (Wildman–Crippen MR) is 62.1 cm³/mol. The van der Waals surface area contributed by atoms with E-state index < -0.39 is 0 Å². The van der Waals surface area contributed by atoms with Crippen LogP contribution < -0.4 is 10.6 Å². The van der Waals surface area contributed by atoms with Crippen LogP contribution in [0.1, 0.15) is 6.92 Å². The lowest BCUT2D eigenvalue weighted by Crippen LogP contribution is -2.65. The number of pyridine rings is 1. The Morgan fingerprint density at radius 1 is 1.25 bits per heavy atom. The largest absolute Gasteiger partial charge is 0.353 e. The normalized spacial score (nSPS) is 18.5. The summed E-state index contributed by atoms with van der Waals surface area (Å²) < 4.78 is 0. The average Bonchev–Trinajstić information content (AvgIpc) is 2.25. The Morgan fingerprint density at radius 3 is 2.75 bits per heavy atom. The summed E-state index contributed by atoms with van der Waals surface area (Å²) in [6.45, 7) is 3.72. The Balaban J connectivity index is 1.94. The van der Waals surface area contributed by atoms with E-state index in [1.807, 2.05) is 19.1 Å². The summed E-state index contributed by atoms with van der Waals surface area (Å²) in [7, 11) is 0. The van der Waals surface area contributed by atoms with Crippen molar-refractivity contribution in [2.75, 3.05) is 18.0 Å². The molecule has 0 bridgehead atoms. The number of nitrogens with zero attached hydrogens (tertiary/aromatic N) is 4. The van der Waals surface area contributed by atoms with Crippen LogP contribution in [0, 0.1) is 0 Å². The number of hydrogen-bond acceptors (Lipinski definition) is 5. The molecule has 0 spiro atoms. The van der Waals surface area contributed by atoms with Crippen molar-refractivity contribution in [3.8, 4) is 0 Å². The smallest absolute Gasteiger partial charge is 0.180 e. The molecule has 2 N–H and O–H groups in total. The maximum atomic E-state index is 5.96. The van der Waals surface area contributed by atoms with Gasteiger partial charge < -0.3 is 10.6 Å². The zero-order chi connectivity index (χ0) is 11.2. The van der Waals surface area contributed by atoms with Crippen LogP contribution >= 0.6 is 0 Å². The topological polar surface area (TPSA) is 67.9 Å². The van der Waals surface area contributed by atoms with Crippen molar-refractivity contribution in [1.82, 2.24) is 15.0 Å². The van der Waals surface area contributed by atoms with Gasteiger partial charge in [-0.3, -0.25) is 4.98 Å². The second-order valence-corrected chi connectivity index (χ2v) is 4.58. The van der Waals surface area contributed by atoms with E-state index in [-0.39, 0.29) is 5.54 Å². The number of rotatable bonds is 1. The molecular formula is C11H13N5. The monoisotopic (exact) mass is 215 g/mol. The van der Waals surface area contributed by atoms with Gasteiger partial charge in [0.25, 0.3) is 0 Å². The van der Waals surface area contributed by atoms with E-state index >= 15 is 0 Å². The summed E-state index contributed by atoms with van der Waals surface area (Å²) in [6.07, 6.45) is 3.33. The summed E-state index contributed by atoms with van der Waals surface area (Å²) in [4.78, 5) is 15.0. The van der Waals surface area contributed by atoms with Crippen molar-refractivity contribution in [2.24, 2.45) is 5.73 Å². The molecule has 82 valence electrons. The van der Waals surface area contributed by atoms with Crippen molar-refractivity contribution in [2.45, 2.75) is 12.5 Å². The van der Waals surface area contributed by atoms with E-state index in [1.54, 1.807) is 12.4 Å². The highest BCUT2D eigenvalue weighted by Gasteiger charge is 2.35. The third kappa shape index (κ3) is 1.49.